The number of nitrogens with one attached hydrogen (secondary N) is 2. The van der Waals surface area contributed by atoms with E-state index in [4.69, 9.17) is 5.73 Å². The third-order valence-electron chi connectivity index (χ3n) is 2.39. The van der Waals surface area contributed by atoms with Gasteiger partial charge in [0.25, 0.3) is 0 Å². The van der Waals surface area contributed by atoms with Crippen molar-refractivity contribution in [2.75, 3.05) is 0 Å². The number of aromatic nitrogens is 2. The van der Waals surface area contributed by atoms with Crippen molar-refractivity contribution in [3.8, 4) is 0 Å². The van der Waals surface area contributed by atoms with Crippen molar-refractivity contribution in [2.45, 2.75) is 32.9 Å². The molecule has 84 valence electrons. The summed E-state index contributed by atoms with van der Waals surface area (Å²) >= 11 is 0. The van der Waals surface area contributed by atoms with Crippen LogP contribution in [0.1, 0.15) is 32.5 Å². The Bertz CT molecular complexity index is 307. The maximum absolute atomic E-state index is 11.2. The number of amides is 1. The molecule has 1 rings (SSSR count). The Kier molecular flexibility index (Phi) is 3.85. The Morgan fingerprint density at radius 2 is 2.20 bits per heavy atom. The highest BCUT2D eigenvalue weighted by atomic mass is 16.1. The molecule has 5 nitrogen and oxygen atoms in total. The molecule has 0 aliphatic heterocycles. The lowest BCUT2D eigenvalue weighted by molar-refractivity contribution is -0.121. The zero-order valence-corrected chi connectivity index (χ0v) is 9.32. The van der Waals surface area contributed by atoms with Gasteiger partial charge in [-0.25, -0.2) is 0 Å². The predicted octanol–water partition coefficient (Wildman–Crippen LogP) is 0.570. The lowest BCUT2D eigenvalue weighted by Crippen LogP contribution is -2.46. The van der Waals surface area contributed by atoms with Crippen molar-refractivity contribution < 1.29 is 4.79 Å². The van der Waals surface area contributed by atoms with E-state index in [9.17, 15) is 4.79 Å². The molecule has 0 aromatic carbocycles. The summed E-state index contributed by atoms with van der Waals surface area (Å²) in [7, 11) is 0. The average Bonchev–Trinajstić information content (AvgIpc) is 2.65. The van der Waals surface area contributed by atoms with Gasteiger partial charge >= 0.3 is 0 Å². The molecular weight excluding hydrogens is 192 g/mol. The summed E-state index contributed by atoms with van der Waals surface area (Å²) in [5, 5.41) is 9.89. The topological polar surface area (TPSA) is 83.8 Å². The molecule has 0 saturated heterocycles. The van der Waals surface area contributed by atoms with E-state index in [0.717, 1.165) is 5.69 Å². The van der Waals surface area contributed by atoms with Crippen molar-refractivity contribution in [3.63, 3.8) is 0 Å². The first-order chi connectivity index (χ1) is 7.02. The van der Waals surface area contributed by atoms with Gasteiger partial charge in [-0.2, -0.15) is 5.10 Å². The first kappa shape index (κ1) is 11.7. The first-order valence-electron chi connectivity index (χ1n) is 5.07. The number of hydrogen-bond donors (Lipinski definition) is 3. The van der Waals surface area contributed by atoms with Crippen LogP contribution in [0.3, 0.4) is 0 Å². The van der Waals surface area contributed by atoms with E-state index in [-0.39, 0.29) is 23.9 Å². The molecule has 0 fully saturated rings. The quantitative estimate of drug-likeness (QED) is 0.664. The van der Waals surface area contributed by atoms with Crippen LogP contribution in [0, 0.1) is 5.92 Å². The van der Waals surface area contributed by atoms with Crippen LogP contribution in [0.2, 0.25) is 0 Å². The Hall–Kier alpha value is -1.36. The molecule has 4 N–H and O–H groups in total. The van der Waals surface area contributed by atoms with E-state index >= 15 is 0 Å². The van der Waals surface area contributed by atoms with Crippen molar-refractivity contribution in [1.82, 2.24) is 15.5 Å². The van der Waals surface area contributed by atoms with Crippen molar-refractivity contribution in [3.05, 3.63) is 18.0 Å². The molecule has 5 heteroatoms. The highest BCUT2D eigenvalue weighted by Gasteiger charge is 2.21. The Balaban J connectivity index is 2.63. The molecule has 1 aromatic heterocycles. The Labute approximate surface area is 89.4 Å². The number of nitrogens with zero attached hydrogens (tertiary/aromatic N) is 1. The fraction of sp³-hybridized carbons (Fsp3) is 0.600. The Morgan fingerprint density at radius 3 is 2.60 bits per heavy atom. The summed E-state index contributed by atoms with van der Waals surface area (Å²) in [5.41, 5.74) is 6.26. The number of carbonyl (C=O) groups excluding carboxylic acids is 1. The van der Waals surface area contributed by atoms with Crippen molar-refractivity contribution in [2.24, 2.45) is 11.7 Å². The maximum Gasteiger partial charge on any atom is 0.234 e. The lowest BCUT2D eigenvalue weighted by Gasteiger charge is -2.22. The molecule has 0 radical (unpaired) electrons. The summed E-state index contributed by atoms with van der Waals surface area (Å²) in [6, 6.07) is 1.59. The van der Waals surface area contributed by atoms with Crippen LogP contribution < -0.4 is 11.1 Å². The van der Waals surface area contributed by atoms with Gasteiger partial charge < -0.3 is 5.73 Å². The third kappa shape index (κ3) is 3.06. The SMILES string of the molecule is CC(NC(C(N)=O)C(C)C)c1ccn[nH]1. The average molecular weight is 210 g/mol. The molecule has 0 aliphatic rings. The smallest absolute Gasteiger partial charge is 0.234 e. The van der Waals surface area contributed by atoms with Crippen molar-refractivity contribution >= 4 is 5.91 Å². The predicted molar refractivity (Wildman–Crippen MR) is 58.0 cm³/mol. The number of aromatic amines is 1. The van der Waals surface area contributed by atoms with Gasteiger partial charge in [-0.15, -0.1) is 0 Å². The van der Waals surface area contributed by atoms with E-state index in [0.29, 0.717) is 0 Å². The fourth-order valence-electron chi connectivity index (χ4n) is 1.47. The number of H-pyrrole nitrogens is 1. The number of carbonyl (C=O) groups is 1. The summed E-state index contributed by atoms with van der Waals surface area (Å²) in [6.07, 6.45) is 1.68. The zero-order chi connectivity index (χ0) is 11.4. The molecule has 1 heterocycles. The first-order valence-corrected chi connectivity index (χ1v) is 5.07. The van der Waals surface area contributed by atoms with Gasteiger partial charge in [-0.05, 0) is 18.9 Å². The second kappa shape index (κ2) is 4.93. The minimum Gasteiger partial charge on any atom is -0.368 e. The van der Waals surface area contributed by atoms with Crippen LogP contribution in [0.15, 0.2) is 12.3 Å². The van der Waals surface area contributed by atoms with Crippen LogP contribution in [0.25, 0.3) is 0 Å². The normalized spacial score (nSPS) is 15.2. The van der Waals surface area contributed by atoms with E-state index in [2.05, 4.69) is 15.5 Å². The second-order valence-electron chi connectivity index (χ2n) is 4.02. The largest absolute Gasteiger partial charge is 0.368 e. The third-order valence-corrected chi connectivity index (χ3v) is 2.39. The van der Waals surface area contributed by atoms with Gasteiger partial charge in [0.1, 0.15) is 0 Å². The maximum atomic E-state index is 11.2. The van der Waals surface area contributed by atoms with Gasteiger partial charge in [0.15, 0.2) is 0 Å². The number of hydrogen-bond acceptors (Lipinski definition) is 3. The molecule has 1 aromatic rings. The summed E-state index contributed by atoms with van der Waals surface area (Å²) in [4.78, 5) is 11.2. The zero-order valence-electron chi connectivity index (χ0n) is 9.32. The number of nitrogens with two attached hydrogens (primary N) is 1. The van der Waals surface area contributed by atoms with Crippen LogP contribution in [0.5, 0.6) is 0 Å². The summed E-state index contributed by atoms with van der Waals surface area (Å²) < 4.78 is 0. The molecule has 2 atom stereocenters. The minimum atomic E-state index is -0.323. The molecular formula is C10H18N4O. The molecule has 0 spiro atoms. The number of primary amides is 1. The molecule has 2 unspecified atom stereocenters. The second-order valence-corrected chi connectivity index (χ2v) is 4.02. The van der Waals surface area contributed by atoms with E-state index in [1.807, 2.05) is 26.8 Å². The highest BCUT2D eigenvalue weighted by Crippen LogP contribution is 2.11. The minimum absolute atomic E-state index is 0.0346. The van der Waals surface area contributed by atoms with Crippen molar-refractivity contribution in [1.29, 1.82) is 0 Å². The molecule has 15 heavy (non-hydrogen) atoms. The van der Waals surface area contributed by atoms with Crippen LogP contribution >= 0.6 is 0 Å². The molecule has 0 aliphatic carbocycles. The highest BCUT2D eigenvalue weighted by molar-refractivity contribution is 5.80. The Morgan fingerprint density at radius 1 is 1.53 bits per heavy atom. The van der Waals surface area contributed by atoms with E-state index < -0.39 is 0 Å². The van der Waals surface area contributed by atoms with Gasteiger partial charge in [0.2, 0.25) is 5.91 Å². The summed E-state index contributed by atoms with van der Waals surface area (Å²) in [5.74, 6) is -0.149. The fourth-order valence-corrected chi connectivity index (χ4v) is 1.47. The number of rotatable bonds is 5. The lowest BCUT2D eigenvalue weighted by atomic mass is 10.0. The van der Waals surface area contributed by atoms with Crippen LogP contribution in [0.4, 0.5) is 0 Å². The monoisotopic (exact) mass is 210 g/mol. The van der Waals surface area contributed by atoms with Gasteiger partial charge in [-0.3, -0.25) is 15.2 Å². The van der Waals surface area contributed by atoms with Crippen LogP contribution in [-0.2, 0) is 4.79 Å². The van der Waals surface area contributed by atoms with E-state index in [1.165, 1.54) is 0 Å². The molecule has 0 saturated carbocycles. The standard InChI is InChI=1S/C10H18N4O/c1-6(2)9(10(11)15)13-7(3)8-4-5-12-14-8/h4-7,9,13H,1-3H3,(H2,11,15)(H,12,14). The van der Waals surface area contributed by atoms with Gasteiger partial charge in [0, 0.05) is 12.2 Å². The van der Waals surface area contributed by atoms with E-state index in [1.54, 1.807) is 6.20 Å². The van der Waals surface area contributed by atoms with Gasteiger partial charge in [0.05, 0.1) is 11.7 Å². The summed E-state index contributed by atoms with van der Waals surface area (Å²) in [6.45, 7) is 5.88. The molecule has 1 amide bonds. The molecule has 0 bridgehead atoms. The van der Waals surface area contributed by atoms with Gasteiger partial charge in [-0.1, -0.05) is 13.8 Å². The van der Waals surface area contributed by atoms with Crippen LogP contribution in [-0.4, -0.2) is 22.1 Å².